The molecule has 1 rings (SSSR count). The molecule has 0 unspecified atom stereocenters. The van der Waals surface area contributed by atoms with Gasteiger partial charge in [0, 0.05) is 8.07 Å². The number of nitrogens with zero attached hydrogens (tertiary/aromatic N) is 1. The van der Waals surface area contributed by atoms with Gasteiger partial charge in [0.15, 0.2) is 0 Å². The van der Waals surface area contributed by atoms with E-state index in [-0.39, 0.29) is 18.9 Å². The van der Waals surface area contributed by atoms with Crippen molar-refractivity contribution in [2.24, 2.45) is 0 Å². The maximum Gasteiger partial charge on any atom is 1.00 e. The van der Waals surface area contributed by atoms with Crippen LogP contribution < -0.4 is 23.5 Å². The van der Waals surface area contributed by atoms with Crippen LogP contribution in [0.25, 0.3) is 0 Å². The standard InChI is InChI=1S/C6H10NSSi.Li/c1-9(2,3)6-7-4-5-8-6;/h5H,1-3H3;/q-1;+1. The van der Waals surface area contributed by atoms with E-state index < -0.39 is 8.07 Å². The second kappa shape index (κ2) is 3.73. The number of hydrogen-bond donors (Lipinski definition) is 0. The molecular formula is C6H10LiNSSi. The Morgan fingerprint density at radius 2 is 2.10 bits per heavy atom. The summed E-state index contributed by atoms with van der Waals surface area (Å²) in [4.78, 5) is 4.14. The number of aromatic nitrogens is 1. The second-order valence-electron chi connectivity index (χ2n) is 3.03. The van der Waals surface area contributed by atoms with E-state index in [1.54, 1.807) is 11.3 Å². The fourth-order valence-electron chi connectivity index (χ4n) is 0.538. The van der Waals surface area contributed by atoms with Crippen molar-refractivity contribution in [3.63, 3.8) is 0 Å². The van der Waals surface area contributed by atoms with Crippen LogP contribution in [-0.2, 0) is 0 Å². The first-order valence-corrected chi connectivity index (χ1v) is 7.31. The summed E-state index contributed by atoms with van der Waals surface area (Å²) in [7, 11) is -1.10. The molecule has 4 heteroatoms. The molecule has 0 N–H and O–H groups in total. The Morgan fingerprint density at radius 3 is 2.30 bits per heavy atom. The molecule has 0 saturated heterocycles. The summed E-state index contributed by atoms with van der Waals surface area (Å²) in [6.45, 7) is 6.87. The molecule has 0 saturated carbocycles. The Bertz CT molecular complexity index is 180. The van der Waals surface area contributed by atoms with Crippen molar-refractivity contribution >= 4 is 24.0 Å². The van der Waals surface area contributed by atoms with Gasteiger partial charge in [-0.2, -0.15) is 0 Å². The van der Waals surface area contributed by atoms with Gasteiger partial charge in [0.1, 0.15) is 0 Å². The molecule has 0 bridgehead atoms. The van der Waals surface area contributed by atoms with Gasteiger partial charge in [-0.05, 0) is 0 Å². The maximum absolute atomic E-state index is 4.14. The quantitative estimate of drug-likeness (QED) is 0.362. The zero-order valence-electron chi connectivity index (χ0n) is 6.93. The van der Waals surface area contributed by atoms with E-state index in [1.807, 2.05) is 5.38 Å². The summed E-state index contributed by atoms with van der Waals surface area (Å²) in [6, 6.07) is 0. The first kappa shape index (κ1) is 10.4. The van der Waals surface area contributed by atoms with Crippen LogP contribution in [-0.4, -0.2) is 13.1 Å². The summed E-state index contributed by atoms with van der Waals surface area (Å²) in [5.74, 6) is 0. The molecule has 0 atom stereocenters. The number of hydrogen-bond acceptors (Lipinski definition) is 2. The molecule has 0 spiro atoms. The van der Waals surface area contributed by atoms with Crippen LogP contribution in [0.3, 0.4) is 0 Å². The van der Waals surface area contributed by atoms with Gasteiger partial charge in [0.05, 0.1) is 0 Å². The van der Waals surface area contributed by atoms with Crippen LogP contribution in [0.5, 0.6) is 0 Å². The Labute approximate surface area is 79.1 Å². The van der Waals surface area contributed by atoms with Crippen molar-refractivity contribution in [3.05, 3.63) is 11.6 Å². The van der Waals surface area contributed by atoms with E-state index in [0.717, 1.165) is 0 Å². The predicted octanol–water partition coefficient (Wildman–Crippen LogP) is -1.51. The number of thiazole rings is 1. The molecule has 50 valence electrons. The SMILES string of the molecule is C[Si](C)(C)c1n[c-]cs1.[Li+]. The Morgan fingerprint density at radius 1 is 1.50 bits per heavy atom. The van der Waals surface area contributed by atoms with Crippen molar-refractivity contribution in [1.29, 1.82) is 0 Å². The maximum atomic E-state index is 4.14. The molecular weight excluding hydrogens is 153 g/mol. The molecule has 0 aliphatic rings. The fourth-order valence-corrected chi connectivity index (χ4v) is 2.85. The molecule has 0 radical (unpaired) electrons. The molecule has 0 aliphatic carbocycles. The van der Waals surface area contributed by atoms with Crippen molar-refractivity contribution in [3.8, 4) is 0 Å². The summed E-state index contributed by atoms with van der Waals surface area (Å²) < 4.78 is 1.29. The zero-order chi connectivity index (χ0) is 6.91. The van der Waals surface area contributed by atoms with Gasteiger partial charge in [-0.15, -0.1) is 6.20 Å². The third-order valence-electron chi connectivity index (χ3n) is 1.03. The molecule has 0 aliphatic heterocycles. The smallest absolute Gasteiger partial charge is 0.448 e. The first-order chi connectivity index (χ1) is 4.11. The van der Waals surface area contributed by atoms with Crippen molar-refractivity contribution < 1.29 is 18.9 Å². The average molecular weight is 163 g/mol. The normalized spacial score (nSPS) is 10.7. The number of rotatable bonds is 1. The van der Waals surface area contributed by atoms with Crippen molar-refractivity contribution in [2.45, 2.75) is 19.6 Å². The van der Waals surface area contributed by atoms with Gasteiger partial charge >= 0.3 is 18.9 Å². The molecule has 1 heterocycles. The van der Waals surface area contributed by atoms with Crippen LogP contribution in [0.4, 0.5) is 0 Å². The molecule has 0 amide bonds. The minimum atomic E-state index is -1.10. The van der Waals surface area contributed by atoms with E-state index in [2.05, 4.69) is 30.8 Å². The molecule has 0 fully saturated rings. The van der Waals surface area contributed by atoms with Crippen LogP contribution >= 0.6 is 11.3 Å². The third-order valence-corrected chi connectivity index (χ3v) is 5.15. The van der Waals surface area contributed by atoms with Crippen LogP contribution in [0.1, 0.15) is 0 Å². The minimum Gasteiger partial charge on any atom is -0.448 e. The predicted molar refractivity (Wildman–Crippen MR) is 43.9 cm³/mol. The fraction of sp³-hybridized carbons (Fsp3) is 0.500. The van der Waals surface area contributed by atoms with E-state index in [4.69, 9.17) is 0 Å². The second-order valence-corrected chi connectivity index (χ2v) is 9.23. The van der Waals surface area contributed by atoms with Gasteiger partial charge in [0.2, 0.25) is 0 Å². The summed E-state index contributed by atoms with van der Waals surface area (Å²) in [6.07, 6.45) is 2.84. The Hall–Kier alpha value is 0.444. The van der Waals surface area contributed by atoms with Crippen LogP contribution in [0.2, 0.25) is 19.6 Å². The van der Waals surface area contributed by atoms with Crippen LogP contribution in [0.15, 0.2) is 5.38 Å². The molecule has 1 aromatic heterocycles. The summed E-state index contributed by atoms with van der Waals surface area (Å²) in [5.41, 5.74) is 0. The Balaban J connectivity index is 0.000000810. The summed E-state index contributed by atoms with van der Waals surface area (Å²) >= 11 is 1.72. The Kier molecular flexibility index (Phi) is 3.89. The molecule has 0 aromatic carbocycles. The average Bonchev–Trinajstić information content (AvgIpc) is 2.08. The molecule has 10 heavy (non-hydrogen) atoms. The van der Waals surface area contributed by atoms with E-state index in [1.165, 1.54) is 4.63 Å². The van der Waals surface area contributed by atoms with Gasteiger partial charge in [-0.25, -0.2) is 0 Å². The monoisotopic (exact) mass is 163 g/mol. The zero-order valence-corrected chi connectivity index (χ0v) is 8.75. The third kappa shape index (κ3) is 2.59. The molecule has 1 nitrogen and oxygen atoms in total. The topological polar surface area (TPSA) is 12.9 Å². The molecule has 1 aromatic rings. The van der Waals surface area contributed by atoms with Gasteiger partial charge in [0.25, 0.3) is 0 Å². The minimum absolute atomic E-state index is 0. The van der Waals surface area contributed by atoms with Gasteiger partial charge in [-0.3, -0.25) is 11.3 Å². The largest absolute Gasteiger partial charge is 1.00 e. The van der Waals surface area contributed by atoms with E-state index in [9.17, 15) is 0 Å². The van der Waals surface area contributed by atoms with Crippen molar-refractivity contribution in [1.82, 2.24) is 4.98 Å². The summed E-state index contributed by atoms with van der Waals surface area (Å²) in [5, 5.41) is 1.92. The van der Waals surface area contributed by atoms with Gasteiger partial charge in [-0.1, -0.05) is 29.7 Å². The van der Waals surface area contributed by atoms with E-state index >= 15 is 0 Å². The van der Waals surface area contributed by atoms with E-state index in [0.29, 0.717) is 0 Å². The van der Waals surface area contributed by atoms with Crippen molar-refractivity contribution in [2.75, 3.05) is 0 Å². The van der Waals surface area contributed by atoms with Gasteiger partial charge < -0.3 is 4.98 Å². The first-order valence-electron chi connectivity index (χ1n) is 2.93. The van der Waals surface area contributed by atoms with Crippen LogP contribution in [0, 0.1) is 6.20 Å².